The van der Waals surface area contributed by atoms with E-state index in [1.807, 2.05) is 12.1 Å². The van der Waals surface area contributed by atoms with Crippen LogP contribution in [0.4, 0.5) is 0 Å². The number of H-pyrrole nitrogens is 1. The van der Waals surface area contributed by atoms with Crippen LogP contribution in [0.3, 0.4) is 0 Å². The second-order valence-corrected chi connectivity index (χ2v) is 5.45. The molecule has 0 spiro atoms. The quantitative estimate of drug-likeness (QED) is 0.788. The zero-order chi connectivity index (χ0) is 13.4. The normalized spacial score (nSPS) is 11.0. The van der Waals surface area contributed by atoms with Gasteiger partial charge >= 0.3 is 5.69 Å². The Morgan fingerprint density at radius 1 is 1.21 bits per heavy atom. The van der Waals surface area contributed by atoms with Gasteiger partial charge in [0.25, 0.3) is 5.56 Å². The number of thiazole rings is 1. The number of hydrogen-bond donors (Lipinski definition) is 1. The number of benzene rings is 1. The van der Waals surface area contributed by atoms with Crippen LogP contribution < -0.4 is 11.2 Å². The Morgan fingerprint density at radius 2 is 1.95 bits per heavy atom. The lowest BCUT2D eigenvalue weighted by Gasteiger charge is -2.03. The molecule has 0 aliphatic carbocycles. The first kappa shape index (κ1) is 12.2. The molecule has 0 aliphatic heterocycles. The zero-order valence-electron chi connectivity index (χ0n) is 9.72. The van der Waals surface area contributed by atoms with E-state index in [-0.39, 0.29) is 5.56 Å². The highest BCUT2D eigenvalue weighted by molar-refractivity contribution is 7.15. The molecule has 1 N–H and O–H groups in total. The summed E-state index contributed by atoms with van der Waals surface area (Å²) in [4.78, 5) is 26.6. The van der Waals surface area contributed by atoms with Crippen molar-refractivity contribution in [2.75, 3.05) is 0 Å². The third-order valence-electron chi connectivity index (χ3n) is 2.87. The van der Waals surface area contributed by atoms with Gasteiger partial charge in [0, 0.05) is 23.0 Å². The van der Waals surface area contributed by atoms with E-state index in [1.165, 1.54) is 15.7 Å². The van der Waals surface area contributed by atoms with Crippen LogP contribution in [0.5, 0.6) is 0 Å². The highest BCUT2D eigenvalue weighted by Gasteiger charge is 2.10. The van der Waals surface area contributed by atoms with Gasteiger partial charge in [0.05, 0.1) is 5.56 Å². The van der Waals surface area contributed by atoms with E-state index in [0.29, 0.717) is 21.8 Å². The van der Waals surface area contributed by atoms with Crippen molar-refractivity contribution in [3.05, 3.63) is 72.8 Å². The predicted octanol–water partition coefficient (Wildman–Crippen LogP) is 2.29. The van der Waals surface area contributed by atoms with Crippen LogP contribution in [0.15, 0.2) is 45.4 Å². The standard InChI is InChI=1S/C13H9ClN2O2S/c14-9-3-1-8(2-4-9)7-10-11(17)15-13(18)16-5-6-19-12(10)16/h1-6H,7H2,(H,15,17,18). The first-order valence-electron chi connectivity index (χ1n) is 5.60. The summed E-state index contributed by atoms with van der Waals surface area (Å²) < 4.78 is 1.46. The van der Waals surface area contributed by atoms with Gasteiger partial charge in [0.2, 0.25) is 0 Å². The van der Waals surface area contributed by atoms with Gasteiger partial charge in [-0.15, -0.1) is 11.3 Å². The number of aromatic nitrogens is 2. The average molecular weight is 293 g/mol. The van der Waals surface area contributed by atoms with Crippen molar-refractivity contribution in [2.24, 2.45) is 0 Å². The molecule has 3 rings (SSSR count). The number of halogens is 1. The van der Waals surface area contributed by atoms with Gasteiger partial charge in [-0.1, -0.05) is 23.7 Å². The van der Waals surface area contributed by atoms with Gasteiger partial charge in [-0.05, 0) is 17.7 Å². The molecule has 4 nitrogen and oxygen atoms in total. The van der Waals surface area contributed by atoms with Crippen molar-refractivity contribution < 1.29 is 0 Å². The fourth-order valence-corrected chi connectivity index (χ4v) is 2.95. The minimum atomic E-state index is -0.402. The predicted molar refractivity (Wildman–Crippen MR) is 76.4 cm³/mol. The highest BCUT2D eigenvalue weighted by atomic mass is 35.5. The first-order valence-corrected chi connectivity index (χ1v) is 6.86. The number of hydrogen-bond acceptors (Lipinski definition) is 3. The minimum Gasteiger partial charge on any atom is -0.273 e. The highest BCUT2D eigenvalue weighted by Crippen LogP contribution is 2.17. The summed E-state index contributed by atoms with van der Waals surface area (Å²) in [6, 6.07) is 7.31. The number of nitrogens with one attached hydrogen (secondary N) is 1. The SMILES string of the molecule is O=c1[nH]c(=O)n2ccsc2c1Cc1ccc(Cl)cc1. The number of rotatable bonds is 2. The van der Waals surface area contributed by atoms with E-state index in [0.717, 1.165) is 5.56 Å². The Kier molecular flexibility index (Phi) is 3.00. The van der Waals surface area contributed by atoms with E-state index in [4.69, 9.17) is 11.6 Å². The molecule has 0 amide bonds. The van der Waals surface area contributed by atoms with Crippen LogP contribution in [0.1, 0.15) is 11.1 Å². The largest absolute Gasteiger partial charge is 0.333 e. The van der Waals surface area contributed by atoms with Crippen LogP contribution in [0.25, 0.3) is 4.83 Å². The molecule has 2 heterocycles. The van der Waals surface area contributed by atoms with Crippen molar-refractivity contribution in [1.29, 1.82) is 0 Å². The molecular weight excluding hydrogens is 284 g/mol. The lowest BCUT2D eigenvalue weighted by molar-refractivity contribution is 0.951. The number of aromatic amines is 1. The third kappa shape index (κ3) is 2.22. The first-order chi connectivity index (χ1) is 9.15. The summed E-state index contributed by atoms with van der Waals surface area (Å²) >= 11 is 7.21. The minimum absolute atomic E-state index is 0.331. The molecule has 0 atom stereocenters. The second kappa shape index (κ2) is 4.68. The molecule has 2 aromatic heterocycles. The Bertz CT molecular complexity index is 845. The Morgan fingerprint density at radius 3 is 2.68 bits per heavy atom. The molecule has 1 aromatic carbocycles. The molecule has 0 fully saturated rings. The lowest BCUT2D eigenvalue weighted by Crippen LogP contribution is -2.28. The maximum atomic E-state index is 11.9. The van der Waals surface area contributed by atoms with Gasteiger partial charge in [-0.2, -0.15) is 0 Å². The topological polar surface area (TPSA) is 54.3 Å². The second-order valence-electron chi connectivity index (χ2n) is 4.12. The van der Waals surface area contributed by atoms with Gasteiger partial charge < -0.3 is 0 Å². The number of nitrogens with zero attached hydrogens (tertiary/aromatic N) is 1. The van der Waals surface area contributed by atoms with E-state index in [2.05, 4.69) is 4.98 Å². The van der Waals surface area contributed by atoms with Crippen LogP contribution in [0.2, 0.25) is 5.02 Å². The van der Waals surface area contributed by atoms with Gasteiger partial charge in [0.15, 0.2) is 0 Å². The van der Waals surface area contributed by atoms with E-state index in [1.54, 1.807) is 23.7 Å². The summed E-state index contributed by atoms with van der Waals surface area (Å²) in [5.74, 6) is 0. The van der Waals surface area contributed by atoms with Crippen LogP contribution in [-0.4, -0.2) is 9.38 Å². The van der Waals surface area contributed by atoms with Crippen LogP contribution in [-0.2, 0) is 6.42 Å². The van der Waals surface area contributed by atoms with E-state index < -0.39 is 5.69 Å². The van der Waals surface area contributed by atoms with Crippen molar-refractivity contribution in [3.63, 3.8) is 0 Å². The fraction of sp³-hybridized carbons (Fsp3) is 0.0769. The monoisotopic (exact) mass is 292 g/mol. The van der Waals surface area contributed by atoms with Crippen molar-refractivity contribution in [2.45, 2.75) is 6.42 Å². The molecule has 0 saturated carbocycles. The van der Waals surface area contributed by atoms with Crippen LogP contribution >= 0.6 is 22.9 Å². The Balaban J connectivity index is 2.15. The summed E-state index contributed by atoms with van der Waals surface area (Å²) in [5, 5.41) is 2.44. The molecule has 0 radical (unpaired) electrons. The van der Waals surface area contributed by atoms with Gasteiger partial charge in [-0.3, -0.25) is 14.2 Å². The molecule has 0 bridgehead atoms. The van der Waals surface area contributed by atoms with Gasteiger partial charge in [-0.25, -0.2) is 4.79 Å². The Hall–Kier alpha value is -1.85. The molecule has 19 heavy (non-hydrogen) atoms. The maximum Gasteiger partial charge on any atom is 0.333 e. The van der Waals surface area contributed by atoms with Crippen molar-refractivity contribution >= 4 is 27.8 Å². The summed E-state index contributed by atoms with van der Waals surface area (Å²) in [6.07, 6.45) is 2.13. The summed E-state index contributed by atoms with van der Waals surface area (Å²) in [6.45, 7) is 0. The maximum absolute atomic E-state index is 11.9. The zero-order valence-corrected chi connectivity index (χ0v) is 11.3. The summed E-state index contributed by atoms with van der Waals surface area (Å²) in [5.41, 5.74) is 0.837. The lowest BCUT2D eigenvalue weighted by atomic mass is 10.1. The molecule has 0 saturated heterocycles. The fourth-order valence-electron chi connectivity index (χ4n) is 1.95. The van der Waals surface area contributed by atoms with Crippen molar-refractivity contribution in [1.82, 2.24) is 9.38 Å². The third-order valence-corrected chi connectivity index (χ3v) is 4.05. The molecule has 6 heteroatoms. The van der Waals surface area contributed by atoms with Crippen molar-refractivity contribution in [3.8, 4) is 0 Å². The number of fused-ring (bicyclic) bond motifs is 1. The molecule has 96 valence electrons. The van der Waals surface area contributed by atoms with E-state index >= 15 is 0 Å². The molecule has 3 aromatic rings. The average Bonchev–Trinajstić information content (AvgIpc) is 2.86. The molecule has 0 aliphatic rings. The summed E-state index contributed by atoms with van der Waals surface area (Å²) in [7, 11) is 0. The molecule has 0 unspecified atom stereocenters. The smallest absolute Gasteiger partial charge is 0.273 e. The van der Waals surface area contributed by atoms with E-state index in [9.17, 15) is 9.59 Å². The van der Waals surface area contributed by atoms with Crippen LogP contribution in [0, 0.1) is 0 Å². The molecular formula is C13H9ClN2O2S. The van der Waals surface area contributed by atoms with Gasteiger partial charge in [0.1, 0.15) is 4.83 Å². The Labute approximate surface area is 116 Å².